The van der Waals surface area contributed by atoms with Gasteiger partial charge < -0.3 is 14.4 Å². The van der Waals surface area contributed by atoms with Crippen molar-refractivity contribution in [2.45, 2.75) is 31.8 Å². The Balaban J connectivity index is 1.97. The number of anilines is 2. The zero-order chi connectivity index (χ0) is 19.6. The summed E-state index contributed by atoms with van der Waals surface area (Å²) in [5.74, 6) is 0.761. The van der Waals surface area contributed by atoms with Crippen LogP contribution in [0.1, 0.15) is 20.8 Å². The van der Waals surface area contributed by atoms with Gasteiger partial charge in [-0.3, -0.25) is 9.52 Å². The number of ether oxygens (including phenoxy) is 2. The van der Waals surface area contributed by atoms with Crippen molar-refractivity contribution in [2.75, 3.05) is 22.8 Å². The Morgan fingerprint density at radius 1 is 1.30 bits per heavy atom. The number of hydrogen-bond acceptors (Lipinski definition) is 5. The van der Waals surface area contributed by atoms with E-state index in [0.29, 0.717) is 36.0 Å². The van der Waals surface area contributed by atoms with Crippen LogP contribution >= 0.6 is 0 Å². The minimum absolute atomic E-state index is 0.0388. The molecule has 2 aromatic rings. The van der Waals surface area contributed by atoms with E-state index >= 15 is 0 Å². The molecule has 2 aromatic carbocycles. The second kappa shape index (κ2) is 7.48. The first-order valence-electron chi connectivity index (χ1n) is 8.65. The van der Waals surface area contributed by atoms with Crippen LogP contribution in [-0.2, 0) is 14.8 Å². The zero-order valence-electron chi connectivity index (χ0n) is 15.4. The highest BCUT2D eigenvalue weighted by Gasteiger charge is 2.28. The van der Waals surface area contributed by atoms with E-state index in [9.17, 15) is 13.2 Å². The molecule has 0 saturated carbocycles. The van der Waals surface area contributed by atoms with E-state index in [0.717, 1.165) is 0 Å². The van der Waals surface area contributed by atoms with Crippen molar-refractivity contribution in [3.8, 4) is 11.5 Å². The van der Waals surface area contributed by atoms with Crippen molar-refractivity contribution >= 4 is 27.3 Å². The fourth-order valence-electron chi connectivity index (χ4n) is 2.92. The predicted molar refractivity (Wildman–Crippen MR) is 103 cm³/mol. The summed E-state index contributed by atoms with van der Waals surface area (Å²) >= 11 is 0. The zero-order valence-corrected chi connectivity index (χ0v) is 16.2. The summed E-state index contributed by atoms with van der Waals surface area (Å²) in [6.45, 7) is 5.91. The Bertz CT molecular complexity index is 958. The molecule has 0 spiro atoms. The van der Waals surface area contributed by atoms with E-state index in [4.69, 9.17) is 9.47 Å². The molecule has 8 heteroatoms. The third kappa shape index (κ3) is 4.00. The van der Waals surface area contributed by atoms with Crippen LogP contribution in [0.25, 0.3) is 0 Å². The molecule has 0 fully saturated rings. The maximum Gasteiger partial charge on any atom is 0.262 e. The number of fused-ring (bicyclic) bond motifs is 1. The van der Waals surface area contributed by atoms with E-state index in [1.165, 1.54) is 24.0 Å². The third-order valence-electron chi connectivity index (χ3n) is 4.11. The lowest BCUT2D eigenvalue weighted by Crippen LogP contribution is -2.41. The second-order valence-electron chi connectivity index (χ2n) is 6.22. The molecule has 0 aromatic heterocycles. The normalized spacial score (nSPS) is 16.3. The van der Waals surface area contributed by atoms with Crippen molar-refractivity contribution in [3.05, 3.63) is 42.5 Å². The largest absolute Gasteiger partial charge is 0.492 e. The monoisotopic (exact) mass is 390 g/mol. The summed E-state index contributed by atoms with van der Waals surface area (Å²) in [6, 6.07) is 11.3. The van der Waals surface area contributed by atoms with Crippen molar-refractivity contribution in [3.63, 3.8) is 0 Å². The van der Waals surface area contributed by atoms with Crippen LogP contribution in [0.15, 0.2) is 47.4 Å². The fourth-order valence-corrected chi connectivity index (χ4v) is 4.01. The van der Waals surface area contributed by atoms with Gasteiger partial charge >= 0.3 is 0 Å². The lowest BCUT2D eigenvalue weighted by molar-refractivity contribution is -0.117. The van der Waals surface area contributed by atoms with E-state index in [1.807, 2.05) is 13.8 Å². The Morgan fingerprint density at radius 3 is 2.74 bits per heavy atom. The number of carbonyl (C=O) groups is 1. The molecule has 3 rings (SSSR count). The van der Waals surface area contributed by atoms with Crippen molar-refractivity contribution in [1.82, 2.24) is 0 Å². The minimum atomic E-state index is -3.87. The molecule has 7 nitrogen and oxygen atoms in total. The first-order valence-corrected chi connectivity index (χ1v) is 10.1. The van der Waals surface area contributed by atoms with Gasteiger partial charge in [0, 0.05) is 6.92 Å². The highest BCUT2D eigenvalue weighted by atomic mass is 32.2. The average Bonchev–Trinajstić information content (AvgIpc) is 2.62. The van der Waals surface area contributed by atoms with Gasteiger partial charge in [-0.1, -0.05) is 12.1 Å². The van der Waals surface area contributed by atoms with Gasteiger partial charge in [0.25, 0.3) is 10.0 Å². The molecule has 144 valence electrons. The Labute approximate surface area is 158 Å². The summed E-state index contributed by atoms with van der Waals surface area (Å²) in [5.41, 5.74) is 0.798. The van der Waals surface area contributed by atoms with Crippen LogP contribution in [0.2, 0.25) is 0 Å². The topological polar surface area (TPSA) is 84.9 Å². The Kier molecular flexibility index (Phi) is 5.27. The standard InChI is InChI=1S/C19H22N2O5S/c1-4-25-18-8-6-5-7-16(18)20-27(23,24)15-9-10-19-17(11-15)21(14(3)22)12-13(2)26-19/h5-11,13,20H,4,12H2,1-3H3. The van der Waals surface area contributed by atoms with Gasteiger partial charge in [-0.05, 0) is 44.2 Å². The van der Waals surface area contributed by atoms with Gasteiger partial charge in [0.2, 0.25) is 5.91 Å². The first kappa shape index (κ1) is 19.0. The maximum atomic E-state index is 12.9. The molecule has 0 saturated heterocycles. The molecule has 1 aliphatic heterocycles. The number of carbonyl (C=O) groups excluding carboxylic acids is 1. The number of hydrogen-bond donors (Lipinski definition) is 1. The number of nitrogens with one attached hydrogen (secondary N) is 1. The number of amides is 1. The molecular formula is C19H22N2O5S. The SMILES string of the molecule is CCOc1ccccc1NS(=O)(=O)c1ccc2c(c1)N(C(C)=O)CC(C)O2. The van der Waals surface area contributed by atoms with Gasteiger partial charge in [-0.25, -0.2) is 8.42 Å². The molecule has 0 radical (unpaired) electrons. The van der Waals surface area contributed by atoms with E-state index < -0.39 is 10.0 Å². The molecule has 1 aliphatic rings. The van der Waals surface area contributed by atoms with Crippen LogP contribution in [-0.4, -0.2) is 33.6 Å². The number of nitrogens with zero attached hydrogens (tertiary/aromatic N) is 1. The van der Waals surface area contributed by atoms with E-state index in [-0.39, 0.29) is 16.9 Å². The summed E-state index contributed by atoms with van der Waals surface area (Å²) in [6.07, 6.45) is -0.167. The van der Waals surface area contributed by atoms with Crippen molar-refractivity contribution < 1.29 is 22.7 Å². The number of sulfonamides is 1. The minimum Gasteiger partial charge on any atom is -0.492 e. The third-order valence-corrected chi connectivity index (χ3v) is 5.47. The average molecular weight is 390 g/mol. The molecule has 1 heterocycles. The molecule has 1 amide bonds. The van der Waals surface area contributed by atoms with Gasteiger partial charge in [0.05, 0.1) is 29.4 Å². The highest BCUT2D eigenvalue weighted by Crippen LogP contribution is 2.36. The van der Waals surface area contributed by atoms with Crippen molar-refractivity contribution in [2.24, 2.45) is 0 Å². The predicted octanol–water partition coefficient (Wildman–Crippen LogP) is 3.02. The van der Waals surface area contributed by atoms with Gasteiger partial charge in [-0.2, -0.15) is 0 Å². The van der Waals surface area contributed by atoms with Crippen LogP contribution in [0.5, 0.6) is 11.5 Å². The molecule has 0 bridgehead atoms. The smallest absolute Gasteiger partial charge is 0.262 e. The molecule has 1 atom stereocenters. The maximum absolute atomic E-state index is 12.9. The first-order chi connectivity index (χ1) is 12.8. The van der Waals surface area contributed by atoms with Gasteiger partial charge in [-0.15, -0.1) is 0 Å². The lowest BCUT2D eigenvalue weighted by atomic mass is 10.2. The van der Waals surface area contributed by atoms with Crippen molar-refractivity contribution in [1.29, 1.82) is 0 Å². The number of rotatable bonds is 5. The number of benzene rings is 2. The van der Waals surface area contributed by atoms with Crippen LogP contribution in [0.4, 0.5) is 11.4 Å². The quantitative estimate of drug-likeness (QED) is 0.848. The van der Waals surface area contributed by atoms with Gasteiger partial charge in [0.1, 0.15) is 17.6 Å². The lowest BCUT2D eigenvalue weighted by Gasteiger charge is -2.33. The van der Waals surface area contributed by atoms with Crippen LogP contribution in [0, 0.1) is 0 Å². The summed E-state index contributed by atoms with van der Waals surface area (Å²) < 4.78 is 39.5. The van der Waals surface area contributed by atoms with Crippen LogP contribution < -0.4 is 19.1 Å². The summed E-state index contributed by atoms with van der Waals surface area (Å²) in [7, 11) is -3.87. The van der Waals surface area contributed by atoms with Gasteiger partial charge in [0.15, 0.2) is 0 Å². The number of para-hydroxylation sites is 2. The molecule has 1 N–H and O–H groups in total. The van der Waals surface area contributed by atoms with E-state index in [2.05, 4.69) is 4.72 Å². The van der Waals surface area contributed by atoms with E-state index in [1.54, 1.807) is 30.3 Å². The Hall–Kier alpha value is -2.74. The second-order valence-corrected chi connectivity index (χ2v) is 7.90. The summed E-state index contributed by atoms with van der Waals surface area (Å²) in [4.78, 5) is 13.5. The molecule has 0 aliphatic carbocycles. The molecule has 27 heavy (non-hydrogen) atoms. The molecular weight excluding hydrogens is 368 g/mol. The van der Waals surface area contributed by atoms with Crippen LogP contribution in [0.3, 0.4) is 0 Å². The Morgan fingerprint density at radius 2 is 2.04 bits per heavy atom. The fraction of sp³-hybridized carbons (Fsp3) is 0.316. The molecule has 1 unspecified atom stereocenters. The summed E-state index contributed by atoms with van der Waals surface area (Å²) in [5, 5.41) is 0. The highest BCUT2D eigenvalue weighted by molar-refractivity contribution is 7.92.